The lowest BCUT2D eigenvalue weighted by Crippen LogP contribution is -2.25. The van der Waals surface area contributed by atoms with Gasteiger partial charge in [-0.25, -0.2) is 13.4 Å². The maximum absolute atomic E-state index is 12.9. The predicted molar refractivity (Wildman–Crippen MR) is 120 cm³/mol. The average Bonchev–Trinajstić information content (AvgIpc) is 3.44. The first-order valence-electron chi connectivity index (χ1n) is 9.98. The van der Waals surface area contributed by atoms with Crippen LogP contribution in [0.5, 0.6) is 0 Å². The summed E-state index contributed by atoms with van der Waals surface area (Å²) in [6.45, 7) is -0.0791. The molecule has 1 aliphatic rings. The fourth-order valence-corrected chi connectivity index (χ4v) is 4.41. The first-order chi connectivity index (χ1) is 15.3. The van der Waals surface area contributed by atoms with E-state index in [1.165, 1.54) is 30.5 Å². The smallest absolute Gasteiger partial charge is 0.280 e. The van der Waals surface area contributed by atoms with Crippen molar-refractivity contribution in [2.45, 2.75) is 36.7 Å². The standard InChI is InChI=1S/C20H24N4O6S2/c1-32(28,29)15-8-6-13(7-9-15)17(24-30-14-4-2-3-5-14)19(27)23-20-22-12-16(31-20)18(26)21-10-11-25/h6-9,12,14,25H,2-5,10-11H2,1H3,(H,21,26)(H,22,23,27)/b24-17+. The number of carbonyl (C=O) groups is 2. The molecule has 2 aromatic rings. The summed E-state index contributed by atoms with van der Waals surface area (Å²) in [6.07, 6.45) is 6.11. The van der Waals surface area contributed by atoms with Gasteiger partial charge in [-0.05, 0) is 37.8 Å². The van der Waals surface area contributed by atoms with Gasteiger partial charge in [-0.15, -0.1) is 0 Å². The van der Waals surface area contributed by atoms with Crippen LogP contribution >= 0.6 is 11.3 Å². The van der Waals surface area contributed by atoms with Crippen molar-refractivity contribution in [3.63, 3.8) is 0 Å². The number of hydrogen-bond acceptors (Lipinski definition) is 9. The zero-order valence-electron chi connectivity index (χ0n) is 17.4. The number of carbonyl (C=O) groups excluding carboxylic acids is 2. The van der Waals surface area contributed by atoms with Gasteiger partial charge in [0.25, 0.3) is 11.8 Å². The highest BCUT2D eigenvalue weighted by atomic mass is 32.2. The second-order valence-corrected chi connectivity index (χ2v) is 10.3. The second kappa shape index (κ2) is 10.7. The highest BCUT2D eigenvalue weighted by Gasteiger charge is 2.21. The molecule has 0 unspecified atom stereocenters. The molecule has 0 saturated heterocycles. The molecule has 0 atom stereocenters. The van der Waals surface area contributed by atoms with Gasteiger partial charge in [0.05, 0.1) is 17.7 Å². The number of aromatic nitrogens is 1. The normalized spacial score (nSPS) is 14.9. The molecule has 0 spiro atoms. The van der Waals surface area contributed by atoms with Crippen molar-refractivity contribution in [2.24, 2.45) is 5.16 Å². The molecule has 1 saturated carbocycles. The number of benzene rings is 1. The van der Waals surface area contributed by atoms with Gasteiger partial charge >= 0.3 is 0 Å². The molecule has 172 valence electrons. The van der Waals surface area contributed by atoms with Crippen molar-refractivity contribution in [3.8, 4) is 0 Å². The summed E-state index contributed by atoms with van der Waals surface area (Å²) in [6, 6.07) is 5.77. The SMILES string of the molecule is CS(=O)(=O)c1ccc(/C(=N\OC2CCCC2)C(=O)Nc2ncc(C(=O)NCCO)s2)cc1. The maximum Gasteiger partial charge on any atom is 0.280 e. The zero-order chi connectivity index (χ0) is 23.1. The van der Waals surface area contributed by atoms with Crippen molar-refractivity contribution in [3.05, 3.63) is 40.9 Å². The van der Waals surface area contributed by atoms with Crippen LogP contribution in [0.4, 0.5) is 5.13 Å². The van der Waals surface area contributed by atoms with Gasteiger partial charge in [-0.2, -0.15) is 0 Å². The number of nitrogens with one attached hydrogen (secondary N) is 2. The van der Waals surface area contributed by atoms with E-state index in [4.69, 9.17) is 9.94 Å². The number of anilines is 1. The van der Waals surface area contributed by atoms with Crippen LogP contribution < -0.4 is 10.6 Å². The highest BCUT2D eigenvalue weighted by molar-refractivity contribution is 7.90. The van der Waals surface area contributed by atoms with E-state index in [-0.39, 0.29) is 39.9 Å². The van der Waals surface area contributed by atoms with E-state index < -0.39 is 21.7 Å². The monoisotopic (exact) mass is 480 g/mol. The summed E-state index contributed by atoms with van der Waals surface area (Å²) in [5.74, 6) is -1.02. The Labute approximate surface area is 189 Å². The third kappa shape index (κ3) is 6.34. The van der Waals surface area contributed by atoms with Crippen LogP contribution in [0.1, 0.15) is 40.9 Å². The van der Waals surface area contributed by atoms with E-state index in [0.29, 0.717) is 5.56 Å². The number of thiazole rings is 1. The summed E-state index contributed by atoms with van der Waals surface area (Å²) in [7, 11) is -3.39. The minimum Gasteiger partial charge on any atom is -0.395 e. The Morgan fingerprint density at radius 2 is 1.94 bits per heavy atom. The van der Waals surface area contributed by atoms with E-state index in [1.54, 1.807) is 0 Å². The molecule has 2 amide bonds. The van der Waals surface area contributed by atoms with Gasteiger partial charge in [-0.3, -0.25) is 14.9 Å². The van der Waals surface area contributed by atoms with Crippen LogP contribution in [-0.4, -0.2) is 61.5 Å². The number of rotatable bonds is 9. The highest BCUT2D eigenvalue weighted by Crippen LogP contribution is 2.22. The van der Waals surface area contributed by atoms with Crippen molar-refractivity contribution in [2.75, 3.05) is 24.7 Å². The molecule has 3 N–H and O–H groups in total. The number of oxime groups is 1. The van der Waals surface area contributed by atoms with Crippen LogP contribution in [0, 0.1) is 0 Å². The van der Waals surface area contributed by atoms with E-state index >= 15 is 0 Å². The lowest BCUT2D eigenvalue weighted by atomic mass is 10.1. The first kappa shape index (κ1) is 23.8. The summed E-state index contributed by atoms with van der Waals surface area (Å²) in [5.41, 5.74) is 0.351. The van der Waals surface area contributed by atoms with Gasteiger partial charge in [0.15, 0.2) is 20.7 Å². The largest absolute Gasteiger partial charge is 0.395 e. The quantitative estimate of drug-likeness (QED) is 0.364. The molecule has 32 heavy (non-hydrogen) atoms. The van der Waals surface area contributed by atoms with E-state index in [0.717, 1.165) is 43.3 Å². The molecule has 0 bridgehead atoms. The van der Waals surface area contributed by atoms with Gasteiger partial charge in [0.1, 0.15) is 11.0 Å². The molecular weight excluding hydrogens is 456 g/mol. The van der Waals surface area contributed by atoms with Crippen LogP contribution in [0.2, 0.25) is 0 Å². The fraction of sp³-hybridized carbons (Fsp3) is 0.400. The third-order valence-corrected chi connectivity index (χ3v) is 6.75. The maximum atomic E-state index is 12.9. The summed E-state index contributed by atoms with van der Waals surface area (Å²) < 4.78 is 23.4. The summed E-state index contributed by atoms with van der Waals surface area (Å²) in [4.78, 5) is 34.9. The van der Waals surface area contributed by atoms with Crippen molar-refractivity contribution in [1.29, 1.82) is 0 Å². The van der Waals surface area contributed by atoms with Gasteiger partial charge < -0.3 is 15.3 Å². The molecule has 1 aliphatic carbocycles. The van der Waals surface area contributed by atoms with Crippen molar-refractivity contribution >= 4 is 43.8 Å². The lowest BCUT2D eigenvalue weighted by Gasteiger charge is -2.10. The van der Waals surface area contributed by atoms with Gasteiger partial charge in [0.2, 0.25) is 0 Å². The number of aliphatic hydroxyl groups excluding tert-OH is 1. The molecule has 1 fully saturated rings. The molecule has 0 radical (unpaired) electrons. The van der Waals surface area contributed by atoms with Gasteiger partial charge in [0, 0.05) is 18.4 Å². The number of hydrogen-bond donors (Lipinski definition) is 3. The fourth-order valence-electron chi connectivity index (χ4n) is 3.06. The number of amides is 2. The molecule has 12 heteroatoms. The van der Waals surface area contributed by atoms with Crippen LogP contribution in [0.3, 0.4) is 0 Å². The Bertz CT molecular complexity index is 1090. The summed E-state index contributed by atoms with van der Waals surface area (Å²) in [5, 5.41) is 18.2. The average molecular weight is 481 g/mol. The van der Waals surface area contributed by atoms with Crippen LogP contribution in [-0.2, 0) is 19.5 Å². The minimum absolute atomic E-state index is 0.0292. The Kier molecular flexibility index (Phi) is 7.94. The molecule has 10 nitrogen and oxygen atoms in total. The first-order valence-corrected chi connectivity index (χ1v) is 12.7. The van der Waals surface area contributed by atoms with Crippen LogP contribution in [0.15, 0.2) is 40.5 Å². The van der Waals surface area contributed by atoms with Crippen LogP contribution in [0.25, 0.3) is 0 Å². The van der Waals surface area contributed by atoms with E-state index in [1.807, 2.05) is 0 Å². The minimum atomic E-state index is -3.39. The predicted octanol–water partition coefficient (Wildman–Crippen LogP) is 1.57. The second-order valence-electron chi connectivity index (χ2n) is 7.21. The van der Waals surface area contributed by atoms with Crippen molar-refractivity contribution in [1.82, 2.24) is 10.3 Å². The molecular formula is C20H24N4O6S2. The summed E-state index contributed by atoms with van der Waals surface area (Å²) >= 11 is 0.970. The molecule has 1 heterocycles. The zero-order valence-corrected chi connectivity index (χ0v) is 19.0. The Morgan fingerprint density at radius 3 is 2.56 bits per heavy atom. The Morgan fingerprint density at radius 1 is 1.25 bits per heavy atom. The lowest BCUT2D eigenvalue weighted by molar-refractivity contribution is -0.110. The number of aliphatic hydroxyl groups is 1. The molecule has 3 rings (SSSR count). The molecule has 1 aromatic heterocycles. The molecule has 0 aliphatic heterocycles. The topological polar surface area (TPSA) is 147 Å². The van der Waals surface area contributed by atoms with Gasteiger partial charge in [-0.1, -0.05) is 28.6 Å². The van der Waals surface area contributed by atoms with E-state index in [9.17, 15) is 18.0 Å². The third-order valence-electron chi connectivity index (χ3n) is 4.71. The number of nitrogens with zero attached hydrogens (tertiary/aromatic N) is 2. The molecule has 1 aromatic carbocycles. The number of sulfone groups is 1. The van der Waals surface area contributed by atoms with E-state index in [2.05, 4.69) is 20.8 Å². The van der Waals surface area contributed by atoms with Crippen molar-refractivity contribution < 1.29 is 28.0 Å². The Balaban J connectivity index is 1.80. The Hall–Kier alpha value is -2.83.